The van der Waals surface area contributed by atoms with Gasteiger partial charge in [0, 0.05) is 18.0 Å². The number of carbonyl (C=O) groups excluding carboxylic acids is 1. The summed E-state index contributed by atoms with van der Waals surface area (Å²) in [4.78, 5) is 14.1. The summed E-state index contributed by atoms with van der Waals surface area (Å²) in [5.74, 6) is 0.887. The van der Waals surface area contributed by atoms with Crippen LogP contribution in [0.5, 0.6) is 5.75 Å². The number of ether oxygens (including phenoxy) is 1. The fourth-order valence-electron chi connectivity index (χ4n) is 1.69. The molecular weight excluding hydrogens is 202 g/mol. The van der Waals surface area contributed by atoms with Crippen molar-refractivity contribution in [3.63, 3.8) is 0 Å². The van der Waals surface area contributed by atoms with Crippen LogP contribution in [0.2, 0.25) is 0 Å². The van der Waals surface area contributed by atoms with Crippen molar-refractivity contribution in [2.45, 2.75) is 6.92 Å². The molecule has 0 saturated heterocycles. The molecule has 0 fully saturated rings. The summed E-state index contributed by atoms with van der Waals surface area (Å²) in [6.07, 6.45) is 0. The Bertz CT molecular complexity index is 361. The lowest BCUT2D eigenvalue weighted by Gasteiger charge is -2.16. The van der Waals surface area contributed by atoms with Crippen LogP contribution >= 0.6 is 0 Å². The first-order valence-corrected chi connectivity index (χ1v) is 5.37. The van der Waals surface area contributed by atoms with Gasteiger partial charge < -0.3 is 9.64 Å². The molecule has 0 saturated carbocycles. The average Bonchev–Trinajstić information content (AvgIpc) is 2.27. The van der Waals surface area contributed by atoms with E-state index in [2.05, 4.69) is 0 Å². The van der Waals surface area contributed by atoms with Gasteiger partial charge in [0.05, 0.1) is 7.11 Å². The van der Waals surface area contributed by atoms with Crippen LogP contribution in [-0.4, -0.2) is 38.4 Å². The molecule has 16 heavy (non-hydrogen) atoms. The second kappa shape index (κ2) is 5.66. The maximum absolute atomic E-state index is 12.1. The molecule has 3 nitrogen and oxygen atoms in total. The molecule has 0 spiro atoms. The van der Waals surface area contributed by atoms with Gasteiger partial charge in [0.2, 0.25) is 0 Å². The third kappa shape index (κ3) is 3.35. The molecule has 0 unspecified atom stereocenters. The molecule has 0 heterocycles. The van der Waals surface area contributed by atoms with Crippen LogP contribution < -0.4 is 4.74 Å². The highest BCUT2D eigenvalue weighted by Gasteiger charge is 2.16. The summed E-state index contributed by atoms with van der Waals surface area (Å²) < 4.78 is 5.10. The summed E-state index contributed by atoms with van der Waals surface area (Å²) in [6, 6.07) is 7.30. The number of hydrogen-bond acceptors (Lipinski definition) is 3. The van der Waals surface area contributed by atoms with Gasteiger partial charge in [-0.05, 0) is 26.2 Å². The van der Waals surface area contributed by atoms with Gasteiger partial charge in [-0.25, -0.2) is 0 Å². The first-order valence-electron chi connectivity index (χ1n) is 5.37. The lowest BCUT2D eigenvalue weighted by Crippen LogP contribution is -2.25. The first-order chi connectivity index (χ1) is 7.54. The van der Waals surface area contributed by atoms with Crippen LogP contribution in [-0.2, 0) is 0 Å². The summed E-state index contributed by atoms with van der Waals surface area (Å²) in [7, 11) is 5.54. The summed E-state index contributed by atoms with van der Waals surface area (Å²) in [5, 5.41) is 0. The van der Waals surface area contributed by atoms with Gasteiger partial charge in [0.25, 0.3) is 0 Å². The number of hydrogen-bond donors (Lipinski definition) is 0. The van der Waals surface area contributed by atoms with Gasteiger partial charge in [-0.2, -0.15) is 0 Å². The zero-order valence-electron chi connectivity index (χ0n) is 10.4. The molecule has 0 amide bonds. The van der Waals surface area contributed by atoms with Gasteiger partial charge in [-0.15, -0.1) is 0 Å². The minimum Gasteiger partial charge on any atom is -0.497 e. The van der Waals surface area contributed by atoms with Gasteiger partial charge in [0.1, 0.15) is 5.75 Å². The highest BCUT2D eigenvalue weighted by Crippen LogP contribution is 2.16. The summed E-state index contributed by atoms with van der Waals surface area (Å²) in [5.41, 5.74) is 0.716. The van der Waals surface area contributed by atoms with E-state index in [1.54, 1.807) is 13.2 Å². The molecule has 1 aromatic carbocycles. The third-order valence-corrected chi connectivity index (χ3v) is 2.44. The van der Waals surface area contributed by atoms with E-state index in [4.69, 9.17) is 4.74 Å². The number of Topliss-reactive ketones (excluding diaryl/α,β-unsaturated/α-hetero) is 1. The fraction of sp³-hybridized carbons (Fsp3) is 0.462. The Labute approximate surface area is 97.0 Å². The number of benzene rings is 1. The van der Waals surface area contributed by atoms with Gasteiger partial charge in [0.15, 0.2) is 5.78 Å². The van der Waals surface area contributed by atoms with Crippen LogP contribution in [0, 0.1) is 5.92 Å². The van der Waals surface area contributed by atoms with Gasteiger partial charge in [-0.3, -0.25) is 4.79 Å². The standard InChI is InChI=1S/C13H19NO2/c1-10(9-14(2)3)13(15)11-6-5-7-12(8-11)16-4/h5-8,10H,9H2,1-4H3/t10-/m0/s1. The highest BCUT2D eigenvalue weighted by atomic mass is 16.5. The lowest BCUT2D eigenvalue weighted by molar-refractivity contribution is 0.0909. The summed E-state index contributed by atoms with van der Waals surface area (Å²) >= 11 is 0. The molecule has 0 N–H and O–H groups in total. The monoisotopic (exact) mass is 221 g/mol. The number of methoxy groups -OCH3 is 1. The van der Waals surface area contributed by atoms with Crippen LogP contribution in [0.3, 0.4) is 0 Å². The number of nitrogens with zero attached hydrogens (tertiary/aromatic N) is 1. The Hall–Kier alpha value is -1.35. The molecule has 0 radical (unpaired) electrons. The first kappa shape index (κ1) is 12.7. The van der Waals surface area contributed by atoms with Crippen molar-refractivity contribution in [1.82, 2.24) is 4.90 Å². The van der Waals surface area contributed by atoms with Crippen LogP contribution in [0.4, 0.5) is 0 Å². The largest absolute Gasteiger partial charge is 0.497 e. The molecular formula is C13H19NO2. The Morgan fingerprint density at radius 3 is 2.69 bits per heavy atom. The van der Waals surface area contributed by atoms with E-state index in [-0.39, 0.29) is 11.7 Å². The summed E-state index contributed by atoms with van der Waals surface area (Å²) in [6.45, 7) is 2.71. The molecule has 0 aliphatic rings. The van der Waals surface area contributed by atoms with Crippen molar-refractivity contribution in [2.24, 2.45) is 5.92 Å². The Morgan fingerprint density at radius 2 is 2.12 bits per heavy atom. The molecule has 88 valence electrons. The maximum Gasteiger partial charge on any atom is 0.167 e. The molecule has 0 aliphatic carbocycles. The van der Waals surface area contributed by atoms with Crippen molar-refractivity contribution in [3.05, 3.63) is 29.8 Å². The molecule has 1 rings (SSSR count). The highest BCUT2D eigenvalue weighted by molar-refractivity contribution is 5.98. The zero-order valence-corrected chi connectivity index (χ0v) is 10.4. The van der Waals surface area contributed by atoms with Crippen molar-refractivity contribution >= 4 is 5.78 Å². The average molecular weight is 221 g/mol. The van der Waals surface area contributed by atoms with E-state index in [9.17, 15) is 4.79 Å². The number of ketones is 1. The van der Waals surface area contributed by atoms with E-state index >= 15 is 0 Å². The van der Waals surface area contributed by atoms with Crippen molar-refractivity contribution in [2.75, 3.05) is 27.7 Å². The van der Waals surface area contributed by atoms with Gasteiger partial charge >= 0.3 is 0 Å². The minimum atomic E-state index is 0.00195. The predicted octanol–water partition coefficient (Wildman–Crippen LogP) is 2.08. The van der Waals surface area contributed by atoms with Crippen molar-refractivity contribution in [3.8, 4) is 5.75 Å². The molecule has 1 atom stereocenters. The predicted molar refractivity (Wildman–Crippen MR) is 65.0 cm³/mol. The minimum absolute atomic E-state index is 0.00195. The van der Waals surface area contributed by atoms with Gasteiger partial charge in [-0.1, -0.05) is 19.1 Å². The number of carbonyl (C=O) groups is 1. The van der Waals surface area contributed by atoms with Crippen LogP contribution in [0.25, 0.3) is 0 Å². The number of rotatable bonds is 5. The van der Waals surface area contributed by atoms with E-state index in [1.807, 2.05) is 44.1 Å². The van der Waals surface area contributed by atoms with E-state index in [0.717, 1.165) is 12.3 Å². The Kier molecular flexibility index (Phi) is 4.50. The topological polar surface area (TPSA) is 29.5 Å². The smallest absolute Gasteiger partial charge is 0.167 e. The Balaban J connectivity index is 2.79. The normalized spacial score (nSPS) is 12.6. The lowest BCUT2D eigenvalue weighted by atomic mass is 9.99. The van der Waals surface area contributed by atoms with Crippen molar-refractivity contribution in [1.29, 1.82) is 0 Å². The third-order valence-electron chi connectivity index (χ3n) is 2.44. The second-order valence-electron chi connectivity index (χ2n) is 4.26. The maximum atomic E-state index is 12.1. The van der Waals surface area contributed by atoms with E-state index in [0.29, 0.717) is 5.56 Å². The molecule has 0 aromatic heterocycles. The van der Waals surface area contributed by atoms with E-state index in [1.165, 1.54) is 0 Å². The van der Waals surface area contributed by atoms with Crippen molar-refractivity contribution < 1.29 is 9.53 Å². The zero-order chi connectivity index (χ0) is 12.1. The van der Waals surface area contributed by atoms with Crippen LogP contribution in [0.1, 0.15) is 17.3 Å². The molecule has 0 bridgehead atoms. The quantitative estimate of drug-likeness (QED) is 0.713. The molecule has 3 heteroatoms. The molecule has 0 aliphatic heterocycles. The Morgan fingerprint density at radius 1 is 1.44 bits per heavy atom. The van der Waals surface area contributed by atoms with Crippen LogP contribution in [0.15, 0.2) is 24.3 Å². The SMILES string of the molecule is COc1cccc(C(=O)[C@@H](C)CN(C)C)c1. The van der Waals surface area contributed by atoms with E-state index < -0.39 is 0 Å². The second-order valence-corrected chi connectivity index (χ2v) is 4.26. The molecule has 1 aromatic rings. The fourth-order valence-corrected chi connectivity index (χ4v) is 1.69.